The van der Waals surface area contributed by atoms with E-state index >= 15 is 0 Å². The minimum atomic E-state index is -1.56. The summed E-state index contributed by atoms with van der Waals surface area (Å²) in [6.45, 7) is -0.717. The van der Waals surface area contributed by atoms with Gasteiger partial charge in [-0.05, 0) is 48.5 Å². The number of aliphatic hydroxyl groups excluding tert-OH is 1. The van der Waals surface area contributed by atoms with E-state index in [9.17, 15) is 29.6 Å². The van der Waals surface area contributed by atoms with Crippen LogP contribution in [0.1, 0.15) is 31.1 Å². The number of non-ortho nitro benzene ring substituents is 1. The first-order chi connectivity index (χ1) is 21.8. The third kappa shape index (κ3) is 7.50. The van der Waals surface area contributed by atoms with Crippen LogP contribution in [-0.2, 0) is 18.9 Å². The lowest BCUT2D eigenvalue weighted by molar-refractivity contribution is -0.384. The lowest BCUT2D eigenvalue weighted by Crippen LogP contribution is -2.63. The fourth-order valence-corrected chi connectivity index (χ4v) is 4.60. The van der Waals surface area contributed by atoms with E-state index < -0.39 is 60.1 Å². The van der Waals surface area contributed by atoms with E-state index in [0.29, 0.717) is 0 Å². The molecule has 45 heavy (non-hydrogen) atoms. The van der Waals surface area contributed by atoms with E-state index in [1.165, 1.54) is 60.7 Å². The van der Waals surface area contributed by atoms with Gasteiger partial charge in [0.25, 0.3) is 5.69 Å². The van der Waals surface area contributed by atoms with Crippen molar-refractivity contribution in [1.82, 2.24) is 0 Å². The fraction of sp³-hybridized carbons (Fsp3) is 0.182. The first-order valence-corrected chi connectivity index (χ1v) is 13.8. The molecule has 1 N–H and O–H groups in total. The van der Waals surface area contributed by atoms with E-state index in [4.69, 9.17) is 23.7 Å². The molecule has 0 radical (unpaired) electrons. The SMILES string of the molecule is O=C(O[C@@H]1[C@@H](OC(=O)c2ccccc2)[C@@H](Oc2ccc([N+](=O)[O-])cc2)O[C@H](CO)[C@H]1OC(=O)c1ccccc1)c1ccccc1. The highest BCUT2D eigenvalue weighted by molar-refractivity contribution is 5.91. The fourth-order valence-electron chi connectivity index (χ4n) is 4.60. The first-order valence-electron chi connectivity index (χ1n) is 13.8. The van der Waals surface area contributed by atoms with Crippen LogP contribution in [-0.4, -0.2) is 65.3 Å². The predicted molar refractivity (Wildman–Crippen MR) is 156 cm³/mol. The minimum Gasteiger partial charge on any atom is -0.461 e. The van der Waals surface area contributed by atoms with Crippen LogP contribution >= 0.6 is 0 Å². The van der Waals surface area contributed by atoms with Gasteiger partial charge in [-0.25, -0.2) is 14.4 Å². The summed E-state index contributed by atoms with van der Waals surface area (Å²) in [5, 5.41) is 21.5. The van der Waals surface area contributed by atoms with Crippen molar-refractivity contribution in [3.05, 3.63) is 142 Å². The van der Waals surface area contributed by atoms with Crippen molar-refractivity contribution in [3.63, 3.8) is 0 Å². The summed E-state index contributed by atoms with van der Waals surface area (Å²) in [4.78, 5) is 50.4. The van der Waals surface area contributed by atoms with Crippen molar-refractivity contribution in [2.75, 3.05) is 6.61 Å². The van der Waals surface area contributed by atoms with Gasteiger partial charge in [0.15, 0.2) is 12.2 Å². The average Bonchev–Trinajstić information content (AvgIpc) is 3.08. The van der Waals surface area contributed by atoms with Crippen molar-refractivity contribution >= 4 is 23.6 Å². The van der Waals surface area contributed by atoms with E-state index in [0.717, 1.165) is 0 Å². The Bertz CT molecular complexity index is 1620. The third-order valence-corrected chi connectivity index (χ3v) is 6.83. The maximum absolute atomic E-state index is 13.4. The summed E-state index contributed by atoms with van der Waals surface area (Å²) in [5.74, 6) is -2.41. The van der Waals surface area contributed by atoms with Crippen molar-refractivity contribution in [2.24, 2.45) is 0 Å². The van der Waals surface area contributed by atoms with Crippen LogP contribution in [0.15, 0.2) is 115 Å². The molecular weight excluding hydrogens is 586 g/mol. The average molecular weight is 614 g/mol. The normalized spacial score (nSPS) is 20.8. The quantitative estimate of drug-likeness (QED) is 0.117. The molecule has 1 saturated heterocycles. The Morgan fingerprint density at radius 1 is 0.644 bits per heavy atom. The number of benzene rings is 4. The molecule has 1 aliphatic heterocycles. The van der Waals surface area contributed by atoms with Gasteiger partial charge in [0.05, 0.1) is 28.2 Å². The minimum absolute atomic E-state index is 0.0796. The molecule has 5 atom stereocenters. The van der Waals surface area contributed by atoms with E-state index in [-0.39, 0.29) is 28.1 Å². The molecule has 1 fully saturated rings. The molecular formula is C33H27NO11. The molecule has 1 aliphatic rings. The number of nitro benzene ring substituents is 1. The molecule has 0 amide bonds. The standard InChI is InChI=1S/C33H27NO11/c35-20-26-27(43-30(36)21-10-4-1-5-11-21)28(44-31(37)22-12-6-2-7-13-22)29(45-32(38)23-14-8-3-9-15-23)33(42-26)41-25-18-16-24(17-19-25)34(39)40/h1-19,26-29,33,35H,20H2/t26-,27-,28+,29-,33+/m1/s1. The number of carbonyl (C=O) groups is 3. The second kappa shape index (κ2) is 14.3. The Morgan fingerprint density at radius 3 is 1.49 bits per heavy atom. The van der Waals surface area contributed by atoms with Crippen molar-refractivity contribution < 1.29 is 48.1 Å². The molecule has 0 saturated carbocycles. The van der Waals surface area contributed by atoms with Gasteiger partial charge in [-0.1, -0.05) is 54.6 Å². The van der Waals surface area contributed by atoms with E-state index in [1.807, 2.05) is 0 Å². The Balaban J connectivity index is 1.54. The maximum Gasteiger partial charge on any atom is 0.338 e. The number of nitro groups is 1. The number of hydrogen-bond acceptors (Lipinski definition) is 11. The van der Waals surface area contributed by atoms with Crippen LogP contribution in [0.4, 0.5) is 5.69 Å². The van der Waals surface area contributed by atoms with Crippen LogP contribution < -0.4 is 4.74 Å². The van der Waals surface area contributed by atoms with Gasteiger partial charge in [0, 0.05) is 12.1 Å². The number of esters is 3. The Kier molecular flexibility index (Phi) is 9.77. The summed E-state index contributed by atoms with van der Waals surface area (Å²) >= 11 is 0. The molecule has 0 bridgehead atoms. The van der Waals surface area contributed by atoms with Gasteiger partial charge in [0.2, 0.25) is 12.4 Å². The first kappa shape index (κ1) is 30.9. The highest BCUT2D eigenvalue weighted by Crippen LogP contribution is 2.32. The maximum atomic E-state index is 13.4. The molecule has 1 heterocycles. The zero-order chi connectivity index (χ0) is 31.8. The molecule has 12 heteroatoms. The van der Waals surface area contributed by atoms with Crippen LogP contribution in [0.3, 0.4) is 0 Å². The zero-order valence-corrected chi connectivity index (χ0v) is 23.5. The van der Waals surface area contributed by atoms with Gasteiger partial charge in [-0.15, -0.1) is 0 Å². The number of hydrogen-bond donors (Lipinski definition) is 1. The molecule has 4 aromatic rings. The molecule has 0 unspecified atom stereocenters. The monoisotopic (exact) mass is 613 g/mol. The summed E-state index contributed by atoms with van der Waals surface area (Å²) in [7, 11) is 0. The summed E-state index contributed by atoms with van der Waals surface area (Å²) in [5.41, 5.74) is 0.277. The van der Waals surface area contributed by atoms with Crippen LogP contribution in [0.5, 0.6) is 5.75 Å². The Labute approximate surface area is 256 Å². The highest BCUT2D eigenvalue weighted by atomic mass is 16.7. The van der Waals surface area contributed by atoms with Gasteiger partial charge < -0.3 is 28.8 Å². The summed E-state index contributed by atoms with van der Waals surface area (Å²) in [6.07, 6.45) is -7.43. The van der Waals surface area contributed by atoms with E-state index in [2.05, 4.69) is 0 Å². The Hall–Kier alpha value is -5.59. The van der Waals surface area contributed by atoms with Crippen LogP contribution in [0.2, 0.25) is 0 Å². The topological polar surface area (TPSA) is 161 Å². The number of rotatable bonds is 10. The second-order valence-electron chi connectivity index (χ2n) is 9.80. The Morgan fingerprint density at radius 2 is 1.07 bits per heavy atom. The smallest absolute Gasteiger partial charge is 0.338 e. The molecule has 4 aromatic carbocycles. The summed E-state index contributed by atoms with van der Waals surface area (Å²) < 4.78 is 29.4. The largest absolute Gasteiger partial charge is 0.461 e. The second-order valence-corrected chi connectivity index (χ2v) is 9.80. The molecule has 230 valence electrons. The third-order valence-electron chi connectivity index (χ3n) is 6.83. The zero-order valence-electron chi connectivity index (χ0n) is 23.5. The number of carbonyl (C=O) groups excluding carboxylic acids is 3. The number of nitrogens with zero attached hydrogens (tertiary/aromatic N) is 1. The lowest BCUT2D eigenvalue weighted by atomic mass is 9.97. The van der Waals surface area contributed by atoms with Crippen molar-refractivity contribution in [2.45, 2.75) is 30.7 Å². The van der Waals surface area contributed by atoms with Crippen molar-refractivity contribution in [3.8, 4) is 5.75 Å². The lowest BCUT2D eigenvalue weighted by Gasteiger charge is -2.44. The molecule has 0 aromatic heterocycles. The number of ether oxygens (including phenoxy) is 5. The summed E-state index contributed by atoms with van der Waals surface area (Å²) in [6, 6.07) is 28.9. The van der Waals surface area contributed by atoms with E-state index in [1.54, 1.807) is 54.6 Å². The number of aliphatic hydroxyl groups is 1. The van der Waals surface area contributed by atoms with Gasteiger partial charge >= 0.3 is 17.9 Å². The highest BCUT2D eigenvalue weighted by Gasteiger charge is 2.53. The molecule has 12 nitrogen and oxygen atoms in total. The van der Waals surface area contributed by atoms with Gasteiger partial charge in [0.1, 0.15) is 11.9 Å². The molecule has 0 aliphatic carbocycles. The van der Waals surface area contributed by atoms with Crippen LogP contribution in [0.25, 0.3) is 0 Å². The molecule has 0 spiro atoms. The molecule has 5 rings (SSSR count). The van der Waals surface area contributed by atoms with Crippen molar-refractivity contribution in [1.29, 1.82) is 0 Å². The van der Waals surface area contributed by atoms with Crippen LogP contribution in [0, 0.1) is 10.1 Å². The van der Waals surface area contributed by atoms with Gasteiger partial charge in [-0.2, -0.15) is 0 Å². The predicted octanol–water partition coefficient (Wildman–Crippen LogP) is 4.37. The van der Waals surface area contributed by atoms with Gasteiger partial charge in [-0.3, -0.25) is 10.1 Å².